The molecule has 0 saturated carbocycles. The third kappa shape index (κ3) is 3.59. The maximum absolute atomic E-state index is 12.7. The molecule has 3 rings (SSSR count). The minimum absolute atomic E-state index is 0.0185. The number of aromatic amines is 2. The Morgan fingerprint density at radius 2 is 2.00 bits per heavy atom. The first kappa shape index (κ1) is 17.6. The van der Waals surface area contributed by atoms with Crippen molar-refractivity contribution in [3.05, 3.63) is 41.6 Å². The normalized spacial score (nSPS) is 13.6. The van der Waals surface area contributed by atoms with Gasteiger partial charge < -0.3 is 9.97 Å². The number of H-pyrrole nitrogens is 2. The Morgan fingerprint density at radius 3 is 2.64 bits per heavy atom. The zero-order chi connectivity index (χ0) is 18.2. The Hall–Kier alpha value is -2.19. The van der Waals surface area contributed by atoms with Crippen molar-refractivity contribution >= 4 is 21.1 Å². The second kappa shape index (κ2) is 6.61. The lowest BCUT2D eigenvalue weighted by molar-refractivity contribution is 0.447. The quantitative estimate of drug-likeness (QED) is 0.628. The van der Waals surface area contributed by atoms with Crippen LogP contribution in [0.1, 0.15) is 44.0 Å². The van der Waals surface area contributed by atoms with Gasteiger partial charge in [0.15, 0.2) is 5.03 Å². The van der Waals surface area contributed by atoms with Crippen molar-refractivity contribution in [1.82, 2.24) is 24.7 Å². The Balaban J connectivity index is 1.95. The molecule has 0 aliphatic rings. The number of benzene rings is 1. The van der Waals surface area contributed by atoms with Gasteiger partial charge in [-0.1, -0.05) is 26.8 Å². The summed E-state index contributed by atoms with van der Waals surface area (Å²) >= 11 is 0. The van der Waals surface area contributed by atoms with Crippen molar-refractivity contribution in [2.45, 2.75) is 45.2 Å². The van der Waals surface area contributed by atoms with Crippen LogP contribution in [0.2, 0.25) is 0 Å². The maximum atomic E-state index is 12.7. The van der Waals surface area contributed by atoms with E-state index >= 15 is 0 Å². The van der Waals surface area contributed by atoms with Gasteiger partial charge in [-0.25, -0.2) is 18.4 Å². The zero-order valence-electron chi connectivity index (χ0n) is 14.8. The van der Waals surface area contributed by atoms with Crippen LogP contribution in [0.25, 0.3) is 11.0 Å². The number of nitrogens with one attached hydrogen (secondary N) is 3. The van der Waals surface area contributed by atoms with Crippen molar-refractivity contribution in [2.75, 3.05) is 0 Å². The lowest BCUT2D eigenvalue weighted by Gasteiger charge is -2.19. The molecule has 0 radical (unpaired) electrons. The van der Waals surface area contributed by atoms with Crippen LogP contribution in [0, 0.1) is 12.8 Å². The summed E-state index contributed by atoms with van der Waals surface area (Å²) < 4.78 is 28.1. The Kier molecular flexibility index (Phi) is 4.66. The standard InChI is InChI=1S/C17H23N5O2S/c1-5-14-18-9-15(21-14)25(23,24)22-16(10(2)3)17-19-12-7-6-11(4)8-13(12)20-17/h6-10,16,22H,5H2,1-4H3,(H,18,21)(H,19,20)/t16-/m1/s1. The molecule has 0 aliphatic heterocycles. The number of hydrogen-bond acceptors (Lipinski definition) is 4. The number of imidazole rings is 2. The molecule has 0 spiro atoms. The van der Waals surface area contributed by atoms with Crippen LogP contribution in [0.3, 0.4) is 0 Å². The van der Waals surface area contributed by atoms with Crippen molar-refractivity contribution in [3.63, 3.8) is 0 Å². The molecule has 134 valence electrons. The number of fused-ring (bicyclic) bond motifs is 1. The van der Waals surface area contributed by atoms with Crippen molar-refractivity contribution in [1.29, 1.82) is 0 Å². The van der Waals surface area contributed by atoms with E-state index in [2.05, 4.69) is 24.7 Å². The molecule has 1 aromatic carbocycles. The van der Waals surface area contributed by atoms with Gasteiger partial charge in [-0.3, -0.25) is 0 Å². The third-order valence-electron chi connectivity index (χ3n) is 4.13. The molecule has 0 unspecified atom stereocenters. The molecule has 0 saturated heterocycles. The topological polar surface area (TPSA) is 104 Å². The van der Waals surface area contributed by atoms with E-state index < -0.39 is 16.1 Å². The highest BCUT2D eigenvalue weighted by atomic mass is 32.2. The second-order valence-electron chi connectivity index (χ2n) is 6.53. The summed E-state index contributed by atoms with van der Waals surface area (Å²) in [7, 11) is -3.72. The highest BCUT2D eigenvalue weighted by Gasteiger charge is 2.27. The summed E-state index contributed by atoms with van der Waals surface area (Å²) in [5, 5.41) is 0.0713. The summed E-state index contributed by atoms with van der Waals surface area (Å²) in [6.45, 7) is 7.83. The van der Waals surface area contributed by atoms with Gasteiger partial charge in [-0.15, -0.1) is 0 Å². The Labute approximate surface area is 147 Å². The molecule has 2 heterocycles. The molecule has 0 amide bonds. The van der Waals surface area contributed by atoms with Crippen LogP contribution < -0.4 is 4.72 Å². The fourth-order valence-corrected chi connectivity index (χ4v) is 3.98. The Bertz CT molecular complexity index is 988. The van der Waals surface area contributed by atoms with E-state index in [1.54, 1.807) is 0 Å². The van der Waals surface area contributed by atoms with E-state index in [0.29, 0.717) is 18.1 Å². The van der Waals surface area contributed by atoms with Crippen LogP contribution in [-0.4, -0.2) is 28.4 Å². The average Bonchev–Trinajstić information content (AvgIpc) is 3.18. The molecule has 7 nitrogen and oxygen atoms in total. The number of aromatic nitrogens is 4. The van der Waals surface area contributed by atoms with Crippen LogP contribution >= 0.6 is 0 Å². The van der Waals surface area contributed by atoms with Crippen LogP contribution in [-0.2, 0) is 16.4 Å². The summed E-state index contributed by atoms with van der Waals surface area (Å²) in [6.07, 6.45) is 1.99. The van der Waals surface area contributed by atoms with Gasteiger partial charge in [0.1, 0.15) is 11.6 Å². The largest absolute Gasteiger partial charge is 0.341 e. The molecule has 3 aromatic rings. The molecule has 0 bridgehead atoms. The second-order valence-corrected chi connectivity index (χ2v) is 8.22. The molecule has 0 fully saturated rings. The first-order valence-corrected chi connectivity index (χ1v) is 9.81. The number of hydrogen-bond donors (Lipinski definition) is 3. The van der Waals surface area contributed by atoms with E-state index in [1.807, 2.05) is 45.9 Å². The summed E-state index contributed by atoms with van der Waals surface area (Å²) in [4.78, 5) is 14.7. The SMILES string of the molecule is CCc1ncc(S(=O)(=O)N[C@@H](c2nc3ccc(C)cc3[nH]2)C(C)C)[nH]1. The van der Waals surface area contributed by atoms with E-state index in [1.165, 1.54) is 6.20 Å². The summed E-state index contributed by atoms with van der Waals surface area (Å²) in [6, 6.07) is 5.45. The number of rotatable bonds is 6. The number of aryl methyl sites for hydroxylation is 2. The van der Waals surface area contributed by atoms with E-state index in [9.17, 15) is 8.42 Å². The van der Waals surface area contributed by atoms with E-state index in [-0.39, 0.29) is 10.9 Å². The first-order valence-electron chi connectivity index (χ1n) is 8.32. The Morgan fingerprint density at radius 1 is 1.24 bits per heavy atom. The molecular weight excluding hydrogens is 338 g/mol. The van der Waals surface area contributed by atoms with Crippen molar-refractivity contribution < 1.29 is 8.42 Å². The molecule has 3 N–H and O–H groups in total. The predicted molar refractivity (Wildman–Crippen MR) is 96.7 cm³/mol. The minimum Gasteiger partial charge on any atom is -0.341 e. The van der Waals surface area contributed by atoms with Crippen molar-refractivity contribution in [3.8, 4) is 0 Å². The monoisotopic (exact) mass is 361 g/mol. The molecule has 0 aliphatic carbocycles. The molecule has 25 heavy (non-hydrogen) atoms. The van der Waals surface area contributed by atoms with Gasteiger partial charge in [-0.05, 0) is 30.5 Å². The minimum atomic E-state index is -3.72. The average molecular weight is 361 g/mol. The molecular formula is C17H23N5O2S. The predicted octanol–water partition coefficient (Wildman–Crippen LogP) is 2.83. The van der Waals surface area contributed by atoms with Gasteiger partial charge in [0.05, 0.1) is 23.3 Å². The van der Waals surface area contributed by atoms with Crippen molar-refractivity contribution in [2.24, 2.45) is 5.92 Å². The van der Waals surface area contributed by atoms with Crippen LogP contribution in [0.4, 0.5) is 0 Å². The van der Waals surface area contributed by atoms with Crippen LogP contribution in [0.15, 0.2) is 29.4 Å². The van der Waals surface area contributed by atoms with E-state index in [4.69, 9.17) is 0 Å². The lowest BCUT2D eigenvalue weighted by atomic mass is 10.1. The van der Waals surface area contributed by atoms with Gasteiger partial charge in [-0.2, -0.15) is 4.72 Å². The van der Waals surface area contributed by atoms with Gasteiger partial charge in [0, 0.05) is 6.42 Å². The zero-order valence-corrected chi connectivity index (χ0v) is 15.6. The lowest BCUT2D eigenvalue weighted by Crippen LogP contribution is -2.32. The van der Waals surface area contributed by atoms with Crippen LogP contribution in [0.5, 0.6) is 0 Å². The number of sulfonamides is 1. The maximum Gasteiger partial charge on any atom is 0.258 e. The van der Waals surface area contributed by atoms with Gasteiger partial charge in [0.25, 0.3) is 10.0 Å². The van der Waals surface area contributed by atoms with Gasteiger partial charge in [0.2, 0.25) is 0 Å². The van der Waals surface area contributed by atoms with E-state index in [0.717, 1.165) is 16.6 Å². The highest BCUT2D eigenvalue weighted by molar-refractivity contribution is 7.89. The fourth-order valence-electron chi connectivity index (χ4n) is 2.69. The number of nitrogens with zero attached hydrogens (tertiary/aromatic N) is 2. The van der Waals surface area contributed by atoms with Gasteiger partial charge >= 0.3 is 0 Å². The summed E-state index contributed by atoms with van der Waals surface area (Å²) in [5.41, 5.74) is 2.84. The third-order valence-corrected chi connectivity index (χ3v) is 5.48. The smallest absolute Gasteiger partial charge is 0.258 e. The highest BCUT2D eigenvalue weighted by Crippen LogP contribution is 2.24. The fraction of sp³-hybridized carbons (Fsp3) is 0.412. The molecule has 1 atom stereocenters. The molecule has 8 heteroatoms. The summed E-state index contributed by atoms with van der Waals surface area (Å²) in [5.74, 6) is 1.26. The molecule has 2 aromatic heterocycles. The first-order chi connectivity index (χ1) is 11.8.